The zero-order chi connectivity index (χ0) is 15.9. The molecule has 0 aromatic rings. The first-order valence-corrected chi connectivity index (χ1v) is 7.35. The van der Waals surface area contributed by atoms with Gasteiger partial charge in [-0.3, -0.25) is 9.59 Å². The predicted octanol–water partition coefficient (Wildman–Crippen LogP) is 1.97. The Bertz CT molecular complexity index is 364. The summed E-state index contributed by atoms with van der Waals surface area (Å²) < 4.78 is 9.71. The molecule has 0 aromatic heterocycles. The van der Waals surface area contributed by atoms with Crippen LogP contribution in [-0.4, -0.2) is 41.7 Å². The molecular weight excluding hydrogens is 282 g/mol. The third-order valence-corrected chi connectivity index (χ3v) is 3.11. The van der Waals surface area contributed by atoms with Crippen molar-refractivity contribution in [1.82, 2.24) is 5.32 Å². The van der Waals surface area contributed by atoms with Crippen LogP contribution in [0.3, 0.4) is 0 Å². The molecule has 116 valence electrons. The maximum Gasteiger partial charge on any atom is 0.408 e. The summed E-state index contributed by atoms with van der Waals surface area (Å²) in [6.45, 7) is 8.49. The molecule has 0 rings (SSSR count). The smallest absolute Gasteiger partial charge is 0.408 e. The molecule has 6 nitrogen and oxygen atoms in total. The summed E-state index contributed by atoms with van der Waals surface area (Å²) in [4.78, 5) is 35.3. The van der Waals surface area contributed by atoms with Gasteiger partial charge in [0.05, 0.1) is 13.0 Å². The summed E-state index contributed by atoms with van der Waals surface area (Å²) in [7, 11) is 1.24. The topological polar surface area (TPSA) is 81.7 Å². The first-order chi connectivity index (χ1) is 9.12. The molecule has 0 saturated heterocycles. The Kier molecular flexibility index (Phi) is 7.63. The Morgan fingerprint density at radius 3 is 2.20 bits per heavy atom. The molecule has 7 heteroatoms. The van der Waals surface area contributed by atoms with Crippen LogP contribution in [0.1, 0.15) is 34.6 Å². The average molecular weight is 305 g/mol. The molecule has 0 unspecified atom stereocenters. The van der Waals surface area contributed by atoms with Crippen LogP contribution < -0.4 is 5.32 Å². The first-order valence-electron chi connectivity index (χ1n) is 6.36. The number of amides is 1. The SMILES string of the molecule is CCSC(=O)[C@H](NC(=O)OC(C)(C)C)[C@H](C)C(=O)OC. The molecule has 0 aromatic carbocycles. The van der Waals surface area contributed by atoms with Crippen LogP contribution in [0.15, 0.2) is 0 Å². The van der Waals surface area contributed by atoms with Crippen LogP contribution in [0.4, 0.5) is 4.79 Å². The Balaban J connectivity index is 4.90. The molecule has 0 fully saturated rings. The van der Waals surface area contributed by atoms with Crippen LogP contribution >= 0.6 is 11.8 Å². The number of thioether (sulfide) groups is 1. The molecule has 0 aliphatic carbocycles. The van der Waals surface area contributed by atoms with Crippen molar-refractivity contribution < 1.29 is 23.9 Å². The van der Waals surface area contributed by atoms with Gasteiger partial charge in [0, 0.05) is 0 Å². The third-order valence-electron chi connectivity index (χ3n) is 2.29. The van der Waals surface area contributed by atoms with Crippen molar-refractivity contribution in [2.75, 3.05) is 12.9 Å². The van der Waals surface area contributed by atoms with Crippen molar-refractivity contribution >= 4 is 28.9 Å². The molecule has 1 N–H and O–H groups in total. The number of hydrogen-bond acceptors (Lipinski definition) is 6. The van der Waals surface area contributed by atoms with E-state index in [1.165, 1.54) is 14.0 Å². The number of carbonyl (C=O) groups is 3. The van der Waals surface area contributed by atoms with Gasteiger partial charge in [-0.1, -0.05) is 18.7 Å². The summed E-state index contributed by atoms with van der Waals surface area (Å²) in [5.41, 5.74) is -0.677. The van der Waals surface area contributed by atoms with Crippen molar-refractivity contribution in [3.05, 3.63) is 0 Å². The van der Waals surface area contributed by atoms with Gasteiger partial charge in [0.2, 0.25) is 5.12 Å². The fourth-order valence-electron chi connectivity index (χ4n) is 1.38. The lowest BCUT2D eigenvalue weighted by molar-refractivity contribution is -0.146. The normalized spacial score (nSPS) is 14.1. The van der Waals surface area contributed by atoms with Crippen molar-refractivity contribution in [3.63, 3.8) is 0 Å². The fourth-order valence-corrected chi connectivity index (χ4v) is 2.10. The van der Waals surface area contributed by atoms with E-state index in [1.807, 2.05) is 6.92 Å². The number of esters is 1. The molecule has 2 atom stereocenters. The number of alkyl carbamates (subject to hydrolysis) is 1. The highest BCUT2D eigenvalue weighted by Gasteiger charge is 2.33. The van der Waals surface area contributed by atoms with E-state index in [0.717, 1.165) is 11.8 Å². The lowest BCUT2D eigenvalue weighted by Crippen LogP contribution is -2.48. The van der Waals surface area contributed by atoms with Gasteiger partial charge in [-0.05, 0) is 33.4 Å². The minimum atomic E-state index is -0.970. The Labute approximate surface area is 124 Å². The van der Waals surface area contributed by atoms with E-state index < -0.39 is 29.6 Å². The minimum absolute atomic E-state index is 0.295. The first kappa shape index (κ1) is 18.8. The second-order valence-corrected chi connectivity index (χ2v) is 6.46. The lowest BCUT2D eigenvalue weighted by Gasteiger charge is -2.25. The molecule has 20 heavy (non-hydrogen) atoms. The molecule has 0 radical (unpaired) electrons. The number of methoxy groups -OCH3 is 1. The van der Waals surface area contributed by atoms with Crippen LogP contribution in [-0.2, 0) is 19.1 Å². The fraction of sp³-hybridized carbons (Fsp3) is 0.769. The largest absolute Gasteiger partial charge is 0.469 e. The van der Waals surface area contributed by atoms with E-state index >= 15 is 0 Å². The van der Waals surface area contributed by atoms with Gasteiger partial charge in [-0.15, -0.1) is 0 Å². The van der Waals surface area contributed by atoms with E-state index in [2.05, 4.69) is 10.1 Å². The van der Waals surface area contributed by atoms with Gasteiger partial charge in [-0.2, -0.15) is 0 Å². The van der Waals surface area contributed by atoms with E-state index in [9.17, 15) is 14.4 Å². The number of hydrogen-bond donors (Lipinski definition) is 1. The highest BCUT2D eigenvalue weighted by Crippen LogP contribution is 2.15. The number of nitrogens with one attached hydrogen (secondary N) is 1. The van der Waals surface area contributed by atoms with E-state index in [-0.39, 0.29) is 5.12 Å². The molecule has 0 bridgehead atoms. The quantitative estimate of drug-likeness (QED) is 0.782. The van der Waals surface area contributed by atoms with Crippen LogP contribution in [0.2, 0.25) is 0 Å². The number of rotatable bonds is 5. The summed E-state index contributed by atoms with van der Waals surface area (Å²) in [6.07, 6.45) is -0.733. The second kappa shape index (κ2) is 8.14. The van der Waals surface area contributed by atoms with Crippen molar-refractivity contribution in [2.24, 2.45) is 5.92 Å². The zero-order valence-corrected chi connectivity index (χ0v) is 13.6. The van der Waals surface area contributed by atoms with Crippen molar-refractivity contribution in [3.8, 4) is 0 Å². The standard InChI is InChI=1S/C13H23NO5S/c1-7-20-11(16)9(8(2)10(15)18-6)14-12(17)19-13(3,4)5/h8-9H,7H2,1-6H3,(H,14,17)/t8-,9+/m0/s1. The Morgan fingerprint density at radius 2 is 1.80 bits per heavy atom. The van der Waals surface area contributed by atoms with Crippen molar-refractivity contribution in [2.45, 2.75) is 46.3 Å². The maximum absolute atomic E-state index is 12.0. The molecule has 0 saturated carbocycles. The number of ether oxygens (including phenoxy) is 2. The molecule has 0 aliphatic rings. The van der Waals surface area contributed by atoms with E-state index in [1.54, 1.807) is 20.8 Å². The highest BCUT2D eigenvalue weighted by molar-refractivity contribution is 8.13. The minimum Gasteiger partial charge on any atom is -0.469 e. The van der Waals surface area contributed by atoms with E-state index in [0.29, 0.717) is 5.75 Å². The highest BCUT2D eigenvalue weighted by atomic mass is 32.2. The van der Waals surface area contributed by atoms with Gasteiger partial charge < -0.3 is 14.8 Å². The molecule has 0 spiro atoms. The number of carbonyl (C=O) groups excluding carboxylic acids is 3. The van der Waals surface area contributed by atoms with Gasteiger partial charge >= 0.3 is 12.1 Å². The van der Waals surface area contributed by atoms with Gasteiger partial charge in [0.1, 0.15) is 11.6 Å². The predicted molar refractivity (Wildman–Crippen MR) is 77.5 cm³/mol. The zero-order valence-electron chi connectivity index (χ0n) is 12.8. The molecule has 0 aliphatic heterocycles. The lowest BCUT2D eigenvalue weighted by atomic mass is 10.0. The monoisotopic (exact) mass is 305 g/mol. The maximum atomic E-state index is 12.0. The Hall–Kier alpha value is -1.24. The van der Waals surface area contributed by atoms with Gasteiger partial charge in [0.15, 0.2) is 0 Å². The van der Waals surface area contributed by atoms with E-state index in [4.69, 9.17) is 4.74 Å². The van der Waals surface area contributed by atoms with Crippen LogP contribution in [0.25, 0.3) is 0 Å². The Morgan fingerprint density at radius 1 is 1.25 bits per heavy atom. The van der Waals surface area contributed by atoms with Gasteiger partial charge in [-0.25, -0.2) is 4.79 Å². The van der Waals surface area contributed by atoms with Crippen LogP contribution in [0, 0.1) is 5.92 Å². The third kappa shape index (κ3) is 6.79. The molecule has 0 heterocycles. The van der Waals surface area contributed by atoms with Gasteiger partial charge in [0.25, 0.3) is 0 Å². The van der Waals surface area contributed by atoms with Crippen molar-refractivity contribution in [1.29, 1.82) is 0 Å². The molecular formula is C13H23NO5S. The summed E-state index contributed by atoms with van der Waals surface area (Å²) in [6, 6.07) is -0.970. The molecule has 1 amide bonds. The summed E-state index contributed by atoms with van der Waals surface area (Å²) >= 11 is 1.04. The second-order valence-electron chi connectivity index (χ2n) is 5.19. The van der Waals surface area contributed by atoms with Crippen LogP contribution in [0.5, 0.6) is 0 Å². The average Bonchev–Trinajstić information content (AvgIpc) is 2.32. The summed E-state index contributed by atoms with van der Waals surface area (Å²) in [5, 5.41) is 2.15. The summed E-state index contributed by atoms with van der Waals surface area (Å²) in [5.74, 6) is -0.783.